The monoisotopic (exact) mass is 206 g/mol. The quantitative estimate of drug-likeness (QED) is 0.687. The van der Waals surface area contributed by atoms with Gasteiger partial charge in [-0.15, -0.1) is 0 Å². The van der Waals surface area contributed by atoms with Crippen LogP contribution in [0.15, 0.2) is 6.07 Å². The molecule has 0 bridgehead atoms. The Balaban J connectivity index is 2.74. The summed E-state index contributed by atoms with van der Waals surface area (Å²) in [4.78, 5) is 2.10. The van der Waals surface area contributed by atoms with E-state index in [9.17, 15) is 0 Å². The molecular formula is C11H18N4. The molecule has 1 heterocycles. The number of rotatable bonds is 5. The fraction of sp³-hybridized carbons (Fsp3) is 0.636. The summed E-state index contributed by atoms with van der Waals surface area (Å²) in [6.45, 7) is 9.20. The highest BCUT2D eigenvalue weighted by atomic mass is 15.3. The van der Waals surface area contributed by atoms with Crippen LogP contribution < -0.4 is 0 Å². The highest BCUT2D eigenvalue weighted by Crippen LogP contribution is 2.07. The molecule has 0 aliphatic rings. The molecule has 0 aromatic carbocycles. The lowest BCUT2D eigenvalue weighted by Crippen LogP contribution is -2.24. The van der Waals surface area contributed by atoms with Gasteiger partial charge in [0.05, 0.1) is 24.0 Å². The van der Waals surface area contributed by atoms with E-state index < -0.39 is 0 Å². The van der Waals surface area contributed by atoms with Crippen LogP contribution in [0.25, 0.3) is 0 Å². The van der Waals surface area contributed by atoms with Crippen molar-refractivity contribution >= 4 is 0 Å². The smallest absolute Gasteiger partial charge is 0.0869 e. The van der Waals surface area contributed by atoms with E-state index >= 15 is 0 Å². The molecule has 0 aliphatic carbocycles. The molecule has 0 unspecified atom stereocenters. The molecule has 1 aromatic rings. The summed E-state index contributed by atoms with van der Waals surface area (Å²) in [6.07, 6.45) is 0. The average Bonchev–Trinajstić information content (AvgIpc) is 2.58. The van der Waals surface area contributed by atoms with Gasteiger partial charge in [0.1, 0.15) is 0 Å². The van der Waals surface area contributed by atoms with Crippen molar-refractivity contribution in [3.05, 3.63) is 17.5 Å². The first-order valence-corrected chi connectivity index (χ1v) is 5.33. The summed E-state index contributed by atoms with van der Waals surface area (Å²) in [6, 6.07) is 4.27. The van der Waals surface area contributed by atoms with Gasteiger partial charge in [0.25, 0.3) is 0 Å². The van der Waals surface area contributed by atoms with Crippen molar-refractivity contribution in [2.45, 2.75) is 33.9 Å². The maximum atomic E-state index is 8.66. The second-order valence-corrected chi connectivity index (χ2v) is 3.55. The van der Waals surface area contributed by atoms with Crippen LogP contribution in [0.5, 0.6) is 0 Å². The van der Waals surface area contributed by atoms with E-state index in [1.54, 1.807) is 0 Å². The predicted molar refractivity (Wildman–Crippen MR) is 59.2 cm³/mol. The second kappa shape index (κ2) is 5.52. The van der Waals surface area contributed by atoms with Crippen LogP contribution in [0.4, 0.5) is 0 Å². The molecule has 0 saturated heterocycles. The maximum Gasteiger partial charge on any atom is 0.0869 e. The lowest BCUT2D eigenvalue weighted by Gasteiger charge is -2.16. The molecule has 0 radical (unpaired) electrons. The number of nitrogens with zero attached hydrogens (tertiary/aromatic N) is 4. The van der Waals surface area contributed by atoms with Gasteiger partial charge in [-0.3, -0.25) is 9.58 Å². The fourth-order valence-corrected chi connectivity index (χ4v) is 1.61. The third-order valence-electron chi connectivity index (χ3n) is 2.41. The first-order chi connectivity index (χ1) is 7.21. The molecule has 0 amide bonds. The summed E-state index contributed by atoms with van der Waals surface area (Å²) >= 11 is 0. The van der Waals surface area contributed by atoms with Crippen LogP contribution in [0.1, 0.15) is 25.2 Å². The van der Waals surface area contributed by atoms with Gasteiger partial charge in [0, 0.05) is 13.1 Å². The third-order valence-corrected chi connectivity index (χ3v) is 2.41. The number of hydrogen-bond donors (Lipinski definition) is 0. The Morgan fingerprint density at radius 2 is 2.27 bits per heavy atom. The van der Waals surface area contributed by atoms with Gasteiger partial charge < -0.3 is 0 Å². The van der Waals surface area contributed by atoms with Crippen molar-refractivity contribution in [2.24, 2.45) is 0 Å². The van der Waals surface area contributed by atoms with Crippen molar-refractivity contribution < 1.29 is 0 Å². The maximum absolute atomic E-state index is 8.66. The Hall–Kier alpha value is -1.34. The molecule has 15 heavy (non-hydrogen) atoms. The van der Waals surface area contributed by atoms with Crippen LogP contribution in [0.3, 0.4) is 0 Å². The average molecular weight is 206 g/mol. The van der Waals surface area contributed by atoms with Crippen molar-refractivity contribution in [1.29, 1.82) is 5.26 Å². The fourth-order valence-electron chi connectivity index (χ4n) is 1.61. The van der Waals surface area contributed by atoms with E-state index in [0.29, 0.717) is 6.54 Å². The molecule has 0 saturated carbocycles. The first kappa shape index (κ1) is 11.7. The summed E-state index contributed by atoms with van der Waals surface area (Å²) in [5.41, 5.74) is 2.23. The van der Waals surface area contributed by atoms with Crippen LogP contribution in [0, 0.1) is 18.3 Å². The number of aryl methyl sites for hydroxylation is 2. The lowest BCUT2D eigenvalue weighted by molar-refractivity contribution is 0.303. The molecule has 4 nitrogen and oxygen atoms in total. The Morgan fingerprint density at radius 1 is 1.53 bits per heavy atom. The van der Waals surface area contributed by atoms with Crippen molar-refractivity contribution in [1.82, 2.24) is 14.7 Å². The highest BCUT2D eigenvalue weighted by Gasteiger charge is 2.08. The molecule has 82 valence electrons. The van der Waals surface area contributed by atoms with E-state index in [0.717, 1.165) is 25.3 Å². The lowest BCUT2D eigenvalue weighted by atomic mass is 10.3. The number of nitriles is 1. The normalized spacial score (nSPS) is 10.6. The zero-order valence-corrected chi connectivity index (χ0v) is 9.69. The van der Waals surface area contributed by atoms with Crippen molar-refractivity contribution in [3.8, 4) is 6.07 Å². The van der Waals surface area contributed by atoms with Gasteiger partial charge in [-0.25, -0.2) is 0 Å². The van der Waals surface area contributed by atoms with Crippen molar-refractivity contribution in [3.63, 3.8) is 0 Å². The highest BCUT2D eigenvalue weighted by molar-refractivity contribution is 5.09. The Labute approximate surface area is 91.1 Å². The van der Waals surface area contributed by atoms with E-state index in [-0.39, 0.29) is 0 Å². The van der Waals surface area contributed by atoms with E-state index in [4.69, 9.17) is 5.26 Å². The Bertz CT molecular complexity index is 348. The molecule has 4 heteroatoms. The van der Waals surface area contributed by atoms with E-state index in [2.05, 4.69) is 36.0 Å². The van der Waals surface area contributed by atoms with Crippen LogP contribution in [-0.4, -0.2) is 27.8 Å². The molecular weight excluding hydrogens is 188 g/mol. The number of hydrogen-bond acceptors (Lipinski definition) is 3. The topological polar surface area (TPSA) is 44.9 Å². The Morgan fingerprint density at radius 3 is 2.80 bits per heavy atom. The van der Waals surface area contributed by atoms with Gasteiger partial charge in [-0.05, 0) is 26.5 Å². The third kappa shape index (κ3) is 3.07. The summed E-state index contributed by atoms with van der Waals surface area (Å²) in [5.74, 6) is 0. The molecule has 1 rings (SSSR count). The van der Waals surface area contributed by atoms with Gasteiger partial charge >= 0.3 is 0 Å². The van der Waals surface area contributed by atoms with E-state index in [1.165, 1.54) is 5.69 Å². The minimum atomic E-state index is 0.477. The largest absolute Gasteiger partial charge is 0.285 e. The SMILES string of the molecule is CCN(CC#N)Cc1cc(C)nn1CC. The first-order valence-electron chi connectivity index (χ1n) is 5.33. The van der Waals surface area contributed by atoms with Gasteiger partial charge in [0.2, 0.25) is 0 Å². The number of aromatic nitrogens is 2. The standard InChI is InChI=1S/C11H18N4/c1-4-14(7-6-12)9-11-8-10(3)13-15(11)5-2/h8H,4-5,7,9H2,1-3H3. The summed E-state index contributed by atoms with van der Waals surface area (Å²) in [5, 5.41) is 13.0. The van der Waals surface area contributed by atoms with E-state index in [1.807, 2.05) is 11.6 Å². The summed E-state index contributed by atoms with van der Waals surface area (Å²) < 4.78 is 2.00. The van der Waals surface area contributed by atoms with Gasteiger partial charge in [-0.2, -0.15) is 10.4 Å². The molecule has 0 fully saturated rings. The predicted octanol–water partition coefficient (Wildman–Crippen LogP) is 1.56. The zero-order valence-electron chi connectivity index (χ0n) is 9.69. The minimum absolute atomic E-state index is 0.477. The summed E-state index contributed by atoms with van der Waals surface area (Å²) in [7, 11) is 0. The van der Waals surface area contributed by atoms with Crippen LogP contribution in [-0.2, 0) is 13.1 Å². The van der Waals surface area contributed by atoms with Crippen LogP contribution in [0.2, 0.25) is 0 Å². The molecule has 1 aromatic heterocycles. The van der Waals surface area contributed by atoms with Gasteiger partial charge in [0.15, 0.2) is 0 Å². The zero-order chi connectivity index (χ0) is 11.3. The van der Waals surface area contributed by atoms with Crippen LogP contribution >= 0.6 is 0 Å². The second-order valence-electron chi connectivity index (χ2n) is 3.55. The van der Waals surface area contributed by atoms with Crippen molar-refractivity contribution in [2.75, 3.05) is 13.1 Å². The minimum Gasteiger partial charge on any atom is -0.285 e. The molecule has 0 aliphatic heterocycles. The molecule has 0 atom stereocenters. The Kier molecular flexibility index (Phi) is 4.32. The van der Waals surface area contributed by atoms with Gasteiger partial charge in [-0.1, -0.05) is 6.92 Å². The molecule has 0 N–H and O–H groups in total. The molecule has 0 spiro atoms.